The maximum atomic E-state index is 12.4. The third-order valence-corrected chi connectivity index (χ3v) is 4.11. The molecule has 120 valence electrons. The van der Waals surface area contributed by atoms with Gasteiger partial charge < -0.3 is 14.7 Å². The van der Waals surface area contributed by atoms with E-state index in [0.29, 0.717) is 0 Å². The number of hydrogen-bond acceptors (Lipinski definition) is 4. The molecule has 0 saturated carbocycles. The highest BCUT2D eigenvalue weighted by Gasteiger charge is 2.44. The summed E-state index contributed by atoms with van der Waals surface area (Å²) < 4.78 is 5.52. The monoisotopic (exact) mass is 298 g/mol. The first kappa shape index (κ1) is 16.1. The van der Waals surface area contributed by atoms with E-state index in [4.69, 9.17) is 9.84 Å². The molecule has 21 heavy (non-hydrogen) atoms. The molecule has 1 amide bonds. The molecule has 2 aliphatic heterocycles. The normalized spacial score (nSPS) is 30.1. The van der Waals surface area contributed by atoms with Crippen molar-refractivity contribution < 1.29 is 19.4 Å². The Morgan fingerprint density at radius 3 is 2.14 bits per heavy atom. The number of likely N-dealkylation sites (N-methyl/N-ethyl adjacent to an activating group) is 1. The summed E-state index contributed by atoms with van der Waals surface area (Å²) in [5.41, 5.74) is -0.505. The molecule has 6 nitrogen and oxygen atoms in total. The molecule has 2 aliphatic rings. The summed E-state index contributed by atoms with van der Waals surface area (Å²) in [4.78, 5) is 27.4. The van der Waals surface area contributed by atoms with E-state index in [1.807, 2.05) is 32.7 Å². The Balaban J connectivity index is 2.09. The van der Waals surface area contributed by atoms with E-state index in [1.54, 1.807) is 0 Å². The number of likely N-dealkylation sites (tertiary alicyclic amines) is 1. The number of carbonyl (C=O) groups excluding carboxylic acids is 1. The Hall–Kier alpha value is -1.30. The molecular formula is C15H26N2O4. The van der Waals surface area contributed by atoms with Gasteiger partial charge in [0, 0.05) is 31.6 Å². The number of amides is 1. The van der Waals surface area contributed by atoms with E-state index in [2.05, 4.69) is 4.90 Å². The van der Waals surface area contributed by atoms with Gasteiger partial charge in [-0.1, -0.05) is 0 Å². The number of nitrogens with zero attached hydrogens (tertiary/aromatic N) is 2. The molecule has 0 aliphatic carbocycles. The number of ether oxygens (including phenoxy) is 1. The van der Waals surface area contributed by atoms with Crippen molar-refractivity contribution >= 4 is 12.1 Å². The van der Waals surface area contributed by atoms with Crippen molar-refractivity contribution in [1.29, 1.82) is 0 Å². The standard InChI is InChI=1S/C15H26N2O4/c1-15(2,3)21-14(20)17-11-5-10(7-13(18)19)6-12(17)9-16(4)8-11/h10-12H,5-9H2,1-4H3,(H,18,19). The lowest BCUT2D eigenvalue weighted by Crippen LogP contribution is -2.63. The number of piperidine rings is 1. The molecule has 0 aromatic heterocycles. The Morgan fingerprint density at radius 1 is 1.19 bits per heavy atom. The molecule has 2 unspecified atom stereocenters. The van der Waals surface area contributed by atoms with Crippen LogP contribution in [-0.4, -0.2) is 64.8 Å². The van der Waals surface area contributed by atoms with Crippen molar-refractivity contribution in [2.75, 3.05) is 20.1 Å². The number of piperazine rings is 1. The van der Waals surface area contributed by atoms with Gasteiger partial charge in [-0.05, 0) is 46.6 Å². The Kier molecular flexibility index (Phi) is 4.46. The molecule has 0 radical (unpaired) electrons. The minimum Gasteiger partial charge on any atom is -0.481 e. The van der Waals surface area contributed by atoms with E-state index < -0.39 is 11.6 Å². The second-order valence-electron chi connectivity index (χ2n) is 7.35. The SMILES string of the molecule is CN1CC2CC(CC(=O)O)CC(C1)N2C(=O)OC(C)(C)C. The maximum Gasteiger partial charge on any atom is 0.410 e. The second kappa shape index (κ2) is 5.83. The number of fused-ring (bicyclic) bond motifs is 2. The summed E-state index contributed by atoms with van der Waals surface area (Å²) in [6, 6.07) is 0.114. The van der Waals surface area contributed by atoms with Gasteiger partial charge >= 0.3 is 12.1 Å². The average Bonchev–Trinajstić information content (AvgIpc) is 2.22. The molecule has 6 heteroatoms. The third-order valence-electron chi connectivity index (χ3n) is 4.11. The molecule has 2 bridgehead atoms. The second-order valence-corrected chi connectivity index (χ2v) is 7.35. The molecule has 2 saturated heterocycles. The highest BCUT2D eigenvalue weighted by Crippen LogP contribution is 2.34. The Bertz CT molecular complexity index is 402. The minimum absolute atomic E-state index is 0.0571. The van der Waals surface area contributed by atoms with Gasteiger partial charge in [0.2, 0.25) is 0 Å². The van der Waals surface area contributed by atoms with Crippen molar-refractivity contribution in [2.24, 2.45) is 5.92 Å². The van der Waals surface area contributed by atoms with Crippen molar-refractivity contribution in [3.05, 3.63) is 0 Å². The fourth-order valence-electron chi connectivity index (χ4n) is 3.54. The summed E-state index contributed by atoms with van der Waals surface area (Å²) in [5.74, 6) is -0.595. The van der Waals surface area contributed by atoms with Gasteiger partial charge in [-0.3, -0.25) is 9.69 Å². The number of rotatable bonds is 2. The summed E-state index contributed by atoms with van der Waals surface area (Å²) in [5, 5.41) is 8.99. The van der Waals surface area contributed by atoms with E-state index >= 15 is 0 Å². The van der Waals surface area contributed by atoms with Crippen LogP contribution in [-0.2, 0) is 9.53 Å². The number of carboxylic acids is 1. The van der Waals surface area contributed by atoms with Crippen molar-refractivity contribution in [1.82, 2.24) is 9.80 Å². The smallest absolute Gasteiger partial charge is 0.410 e. The zero-order valence-electron chi connectivity index (χ0n) is 13.3. The van der Waals surface area contributed by atoms with Gasteiger partial charge in [0.15, 0.2) is 0 Å². The zero-order valence-corrected chi connectivity index (χ0v) is 13.3. The van der Waals surface area contributed by atoms with Gasteiger partial charge in [-0.15, -0.1) is 0 Å². The van der Waals surface area contributed by atoms with Crippen LogP contribution < -0.4 is 0 Å². The summed E-state index contributed by atoms with van der Waals surface area (Å²) in [6.07, 6.45) is 1.41. The lowest BCUT2D eigenvalue weighted by Gasteiger charge is -2.51. The topological polar surface area (TPSA) is 70.1 Å². The van der Waals surface area contributed by atoms with Gasteiger partial charge in [-0.25, -0.2) is 4.79 Å². The van der Waals surface area contributed by atoms with Gasteiger partial charge in [-0.2, -0.15) is 0 Å². The van der Waals surface area contributed by atoms with E-state index in [1.165, 1.54) is 0 Å². The van der Waals surface area contributed by atoms with Crippen molar-refractivity contribution in [3.63, 3.8) is 0 Å². The number of aliphatic carboxylic acids is 1. The largest absolute Gasteiger partial charge is 0.481 e. The number of carboxylic acid groups (broad SMARTS) is 1. The van der Waals surface area contributed by atoms with Gasteiger partial charge in [0.05, 0.1) is 0 Å². The Labute approximate surface area is 126 Å². The lowest BCUT2D eigenvalue weighted by molar-refractivity contribution is -0.139. The van der Waals surface area contributed by atoms with Crippen LogP contribution in [0.4, 0.5) is 4.79 Å². The molecule has 2 atom stereocenters. The quantitative estimate of drug-likeness (QED) is 0.841. The van der Waals surface area contributed by atoms with Crippen LogP contribution >= 0.6 is 0 Å². The molecule has 0 spiro atoms. The molecular weight excluding hydrogens is 272 g/mol. The summed E-state index contributed by atoms with van der Waals surface area (Å²) in [7, 11) is 2.05. The van der Waals surface area contributed by atoms with Gasteiger partial charge in [0.25, 0.3) is 0 Å². The van der Waals surface area contributed by atoms with Crippen LogP contribution in [0.2, 0.25) is 0 Å². The van der Waals surface area contributed by atoms with E-state index in [-0.39, 0.29) is 30.5 Å². The molecule has 2 rings (SSSR count). The molecule has 0 aromatic carbocycles. The number of hydrogen-bond donors (Lipinski definition) is 1. The zero-order chi connectivity index (χ0) is 15.8. The predicted molar refractivity (Wildman–Crippen MR) is 78.1 cm³/mol. The fraction of sp³-hybridized carbons (Fsp3) is 0.867. The molecule has 0 aromatic rings. The van der Waals surface area contributed by atoms with E-state index in [0.717, 1.165) is 25.9 Å². The number of carbonyl (C=O) groups is 2. The first-order valence-corrected chi connectivity index (χ1v) is 7.57. The molecule has 2 heterocycles. The third kappa shape index (κ3) is 4.09. The highest BCUT2D eigenvalue weighted by atomic mass is 16.6. The maximum absolute atomic E-state index is 12.4. The van der Waals surface area contributed by atoms with Crippen LogP contribution in [0.5, 0.6) is 0 Å². The summed E-state index contributed by atoms with van der Waals surface area (Å²) >= 11 is 0. The molecule has 2 fully saturated rings. The van der Waals surface area contributed by atoms with Gasteiger partial charge in [0.1, 0.15) is 5.60 Å². The first-order valence-electron chi connectivity index (χ1n) is 7.57. The van der Waals surface area contributed by atoms with Crippen molar-refractivity contribution in [2.45, 2.75) is 57.7 Å². The van der Waals surface area contributed by atoms with Crippen LogP contribution in [0.1, 0.15) is 40.0 Å². The first-order chi connectivity index (χ1) is 9.65. The van der Waals surface area contributed by atoms with Crippen LogP contribution in [0.3, 0.4) is 0 Å². The fourth-order valence-corrected chi connectivity index (χ4v) is 3.54. The van der Waals surface area contributed by atoms with Crippen LogP contribution in [0.15, 0.2) is 0 Å². The Morgan fingerprint density at radius 2 is 1.71 bits per heavy atom. The highest BCUT2D eigenvalue weighted by molar-refractivity contribution is 5.70. The van der Waals surface area contributed by atoms with E-state index in [9.17, 15) is 9.59 Å². The van der Waals surface area contributed by atoms with Crippen molar-refractivity contribution in [3.8, 4) is 0 Å². The predicted octanol–water partition coefficient (Wildman–Crippen LogP) is 1.79. The summed E-state index contributed by atoms with van der Waals surface area (Å²) in [6.45, 7) is 7.16. The minimum atomic E-state index is -0.753. The molecule has 1 N–H and O–H groups in total. The average molecular weight is 298 g/mol. The lowest BCUT2D eigenvalue weighted by atomic mass is 9.81. The van der Waals surface area contributed by atoms with Crippen LogP contribution in [0.25, 0.3) is 0 Å². The van der Waals surface area contributed by atoms with Crippen LogP contribution in [0, 0.1) is 5.92 Å².